The highest BCUT2D eigenvalue weighted by molar-refractivity contribution is 7.89. The minimum atomic E-state index is -3.76. The Hall–Kier alpha value is -2.66. The van der Waals surface area contributed by atoms with Crippen molar-refractivity contribution in [3.05, 3.63) is 53.1 Å². The molecule has 1 amide bonds. The predicted octanol–water partition coefficient (Wildman–Crippen LogP) is 2.23. The molecule has 0 atom stereocenters. The second-order valence-electron chi connectivity index (χ2n) is 6.92. The van der Waals surface area contributed by atoms with Gasteiger partial charge in [0.25, 0.3) is 5.91 Å². The van der Waals surface area contributed by atoms with Gasteiger partial charge in [-0.05, 0) is 36.8 Å². The fourth-order valence-electron chi connectivity index (χ4n) is 2.93. The maximum absolute atomic E-state index is 12.8. The fraction of sp³-hybridized carbons (Fsp3) is 0.333. The number of morpholine rings is 1. The van der Waals surface area contributed by atoms with Gasteiger partial charge >= 0.3 is 5.97 Å². The van der Waals surface area contributed by atoms with Gasteiger partial charge in [-0.25, -0.2) is 13.2 Å². The Morgan fingerprint density at radius 1 is 1.12 bits per heavy atom. The summed E-state index contributed by atoms with van der Waals surface area (Å²) in [7, 11) is -3.76. The number of esters is 1. The first-order valence-electron chi connectivity index (χ1n) is 9.79. The van der Waals surface area contributed by atoms with Crippen molar-refractivity contribution >= 4 is 39.2 Å². The van der Waals surface area contributed by atoms with E-state index in [0.29, 0.717) is 19.0 Å². The summed E-state index contributed by atoms with van der Waals surface area (Å²) in [5.74, 6) is -0.853. The second kappa shape index (κ2) is 10.8. The van der Waals surface area contributed by atoms with E-state index in [4.69, 9.17) is 25.8 Å². The van der Waals surface area contributed by atoms with Gasteiger partial charge in [0.15, 0.2) is 13.2 Å². The predicted molar refractivity (Wildman–Crippen MR) is 117 cm³/mol. The van der Waals surface area contributed by atoms with E-state index in [1.54, 1.807) is 12.1 Å². The van der Waals surface area contributed by atoms with Crippen LogP contribution in [0, 0.1) is 6.92 Å². The van der Waals surface area contributed by atoms with Gasteiger partial charge in [-0.15, -0.1) is 0 Å². The third-order valence-electron chi connectivity index (χ3n) is 4.62. The number of rotatable bonds is 8. The minimum Gasteiger partial charge on any atom is -0.482 e. The first-order chi connectivity index (χ1) is 15.3. The van der Waals surface area contributed by atoms with E-state index in [-0.39, 0.29) is 35.3 Å². The minimum absolute atomic E-state index is 0.0114. The molecule has 172 valence electrons. The molecular formula is C21H23ClN2O7S. The summed E-state index contributed by atoms with van der Waals surface area (Å²) >= 11 is 6.10. The molecule has 11 heteroatoms. The SMILES string of the molecule is Cc1ccccc1OCC(=O)OCC(=O)Nc1cc(S(=O)(=O)N2CCOCC2)ccc1Cl. The van der Waals surface area contributed by atoms with Crippen LogP contribution in [0.4, 0.5) is 5.69 Å². The van der Waals surface area contributed by atoms with Crippen LogP contribution in [-0.4, -0.2) is 64.1 Å². The number of amides is 1. The molecule has 0 saturated carbocycles. The zero-order valence-electron chi connectivity index (χ0n) is 17.4. The van der Waals surface area contributed by atoms with E-state index in [9.17, 15) is 18.0 Å². The van der Waals surface area contributed by atoms with Gasteiger partial charge in [0.05, 0.1) is 28.8 Å². The van der Waals surface area contributed by atoms with Crippen molar-refractivity contribution in [2.24, 2.45) is 0 Å². The zero-order chi connectivity index (χ0) is 23.1. The number of carbonyl (C=O) groups is 2. The van der Waals surface area contributed by atoms with Crippen LogP contribution >= 0.6 is 11.6 Å². The summed E-state index contributed by atoms with van der Waals surface area (Å²) in [5, 5.41) is 2.61. The molecule has 0 bridgehead atoms. The molecule has 2 aromatic carbocycles. The Kier molecular flexibility index (Phi) is 8.08. The van der Waals surface area contributed by atoms with Gasteiger partial charge in [-0.3, -0.25) is 4.79 Å². The topological polar surface area (TPSA) is 111 Å². The maximum atomic E-state index is 12.8. The molecule has 32 heavy (non-hydrogen) atoms. The summed E-state index contributed by atoms with van der Waals surface area (Å²) < 4.78 is 42.4. The monoisotopic (exact) mass is 482 g/mol. The molecule has 0 spiro atoms. The molecule has 0 radical (unpaired) electrons. The number of nitrogens with one attached hydrogen (secondary N) is 1. The molecule has 1 N–H and O–H groups in total. The Balaban J connectivity index is 1.56. The van der Waals surface area contributed by atoms with E-state index in [2.05, 4.69) is 5.32 Å². The van der Waals surface area contributed by atoms with E-state index in [0.717, 1.165) is 5.56 Å². The summed E-state index contributed by atoms with van der Waals surface area (Å²) in [6, 6.07) is 11.2. The van der Waals surface area contributed by atoms with Crippen molar-refractivity contribution in [1.29, 1.82) is 0 Å². The van der Waals surface area contributed by atoms with Crippen LogP contribution < -0.4 is 10.1 Å². The molecular weight excluding hydrogens is 460 g/mol. The number of hydrogen-bond acceptors (Lipinski definition) is 7. The lowest BCUT2D eigenvalue weighted by Crippen LogP contribution is -2.40. The molecule has 3 rings (SSSR count). The van der Waals surface area contributed by atoms with E-state index in [1.165, 1.54) is 22.5 Å². The van der Waals surface area contributed by atoms with Crippen LogP contribution in [0.2, 0.25) is 5.02 Å². The largest absolute Gasteiger partial charge is 0.482 e. The summed E-state index contributed by atoms with van der Waals surface area (Å²) in [6.45, 7) is 2.02. The number of halogens is 1. The first-order valence-corrected chi connectivity index (χ1v) is 11.6. The number of benzene rings is 2. The van der Waals surface area contributed by atoms with Crippen LogP contribution in [0.3, 0.4) is 0 Å². The highest BCUT2D eigenvalue weighted by atomic mass is 35.5. The van der Waals surface area contributed by atoms with Crippen LogP contribution in [0.25, 0.3) is 0 Å². The Morgan fingerprint density at radius 3 is 2.56 bits per heavy atom. The van der Waals surface area contributed by atoms with Gasteiger partial charge in [0.1, 0.15) is 5.75 Å². The van der Waals surface area contributed by atoms with Crippen molar-refractivity contribution in [3.8, 4) is 5.75 Å². The third kappa shape index (κ3) is 6.19. The summed E-state index contributed by atoms with van der Waals surface area (Å²) in [5.41, 5.74) is 0.956. The van der Waals surface area contributed by atoms with E-state index in [1.807, 2.05) is 19.1 Å². The molecule has 1 saturated heterocycles. The van der Waals surface area contributed by atoms with Crippen LogP contribution in [0.5, 0.6) is 5.75 Å². The van der Waals surface area contributed by atoms with Gasteiger partial charge in [0, 0.05) is 13.1 Å². The smallest absolute Gasteiger partial charge is 0.344 e. The number of hydrogen-bond donors (Lipinski definition) is 1. The second-order valence-corrected chi connectivity index (χ2v) is 9.27. The normalized spacial score (nSPS) is 14.6. The molecule has 1 heterocycles. The Labute approximate surface area is 191 Å². The van der Waals surface area contributed by atoms with Crippen LogP contribution in [0.1, 0.15) is 5.56 Å². The number of aryl methyl sites for hydroxylation is 1. The number of ether oxygens (including phenoxy) is 3. The van der Waals surface area contributed by atoms with Gasteiger partial charge < -0.3 is 19.5 Å². The number of nitrogens with zero attached hydrogens (tertiary/aromatic N) is 1. The van der Waals surface area contributed by atoms with Crippen molar-refractivity contribution in [1.82, 2.24) is 4.31 Å². The zero-order valence-corrected chi connectivity index (χ0v) is 18.9. The van der Waals surface area contributed by atoms with Crippen molar-refractivity contribution in [2.45, 2.75) is 11.8 Å². The molecule has 1 aliphatic rings. The summed E-state index contributed by atoms with van der Waals surface area (Å²) in [6.07, 6.45) is 0. The highest BCUT2D eigenvalue weighted by Crippen LogP contribution is 2.27. The van der Waals surface area contributed by atoms with E-state index >= 15 is 0 Å². The molecule has 0 aromatic heterocycles. The Morgan fingerprint density at radius 2 is 1.84 bits per heavy atom. The van der Waals surface area contributed by atoms with Crippen LogP contribution in [0.15, 0.2) is 47.4 Å². The maximum Gasteiger partial charge on any atom is 0.344 e. The summed E-state index contributed by atoms with van der Waals surface area (Å²) in [4.78, 5) is 24.0. The molecule has 1 aliphatic heterocycles. The molecule has 9 nitrogen and oxygen atoms in total. The highest BCUT2D eigenvalue weighted by Gasteiger charge is 2.27. The van der Waals surface area contributed by atoms with Crippen molar-refractivity contribution in [3.63, 3.8) is 0 Å². The van der Waals surface area contributed by atoms with Crippen molar-refractivity contribution in [2.75, 3.05) is 44.8 Å². The average molecular weight is 483 g/mol. The molecule has 2 aromatic rings. The number of carbonyl (C=O) groups excluding carboxylic acids is 2. The van der Waals surface area contributed by atoms with E-state index < -0.39 is 28.5 Å². The third-order valence-corrected chi connectivity index (χ3v) is 6.85. The number of para-hydroxylation sites is 1. The average Bonchev–Trinajstić information content (AvgIpc) is 2.79. The van der Waals surface area contributed by atoms with Crippen LogP contribution in [-0.2, 0) is 29.1 Å². The first kappa shape index (κ1) is 24.0. The fourth-order valence-corrected chi connectivity index (χ4v) is 4.53. The molecule has 0 unspecified atom stereocenters. The lowest BCUT2D eigenvalue weighted by atomic mass is 10.2. The quantitative estimate of drug-likeness (QED) is 0.574. The number of anilines is 1. The Bertz CT molecular complexity index is 1090. The lowest BCUT2D eigenvalue weighted by molar-refractivity contribution is -0.149. The lowest BCUT2D eigenvalue weighted by Gasteiger charge is -2.26. The van der Waals surface area contributed by atoms with Gasteiger partial charge in [0.2, 0.25) is 10.0 Å². The van der Waals surface area contributed by atoms with Gasteiger partial charge in [-0.1, -0.05) is 29.8 Å². The number of sulfonamides is 1. The molecule has 0 aliphatic carbocycles. The standard InChI is InChI=1S/C21H23ClN2O7S/c1-15-4-2-3-5-19(15)30-14-21(26)31-13-20(25)23-18-12-16(6-7-17(18)22)32(27,28)24-8-10-29-11-9-24/h2-7,12H,8-11,13-14H2,1H3,(H,23,25). The molecule has 1 fully saturated rings. The van der Waals surface area contributed by atoms with Crippen molar-refractivity contribution < 1.29 is 32.2 Å². The van der Waals surface area contributed by atoms with Gasteiger partial charge in [-0.2, -0.15) is 4.31 Å².